The second-order valence-corrected chi connectivity index (χ2v) is 4.03. The van der Waals surface area contributed by atoms with E-state index in [1.807, 2.05) is 0 Å². The summed E-state index contributed by atoms with van der Waals surface area (Å²) in [5.74, 6) is 1.33. The summed E-state index contributed by atoms with van der Waals surface area (Å²) in [4.78, 5) is 11.5. The van der Waals surface area contributed by atoms with Crippen LogP contribution in [0.4, 0.5) is 0 Å². The normalized spacial score (nSPS) is 22.5. The van der Waals surface area contributed by atoms with Gasteiger partial charge in [-0.1, -0.05) is 18.9 Å². The standard InChI is InChI=1S/C11H16O/c12-11(8-7-9-5-6-9)10-3-1-2-4-10/h3,9H,1-2,4-8H2. The maximum Gasteiger partial charge on any atom is 0.158 e. The Kier molecular flexibility index (Phi) is 2.29. The number of hydrogen-bond acceptors (Lipinski definition) is 1. The first-order valence-electron chi connectivity index (χ1n) is 5.08. The number of rotatable bonds is 4. The Labute approximate surface area is 73.8 Å². The molecule has 0 amide bonds. The third-order valence-electron chi connectivity index (χ3n) is 2.88. The van der Waals surface area contributed by atoms with Gasteiger partial charge in [-0.25, -0.2) is 0 Å². The molecular weight excluding hydrogens is 148 g/mol. The maximum absolute atomic E-state index is 11.5. The van der Waals surface area contributed by atoms with Crippen LogP contribution in [0, 0.1) is 5.92 Å². The summed E-state index contributed by atoms with van der Waals surface area (Å²) in [7, 11) is 0. The Morgan fingerprint density at radius 3 is 2.92 bits per heavy atom. The van der Waals surface area contributed by atoms with E-state index in [4.69, 9.17) is 0 Å². The molecule has 0 aromatic carbocycles. The second kappa shape index (κ2) is 3.42. The lowest BCUT2D eigenvalue weighted by atomic mass is 10.1. The number of carbonyl (C=O) groups is 1. The van der Waals surface area contributed by atoms with Crippen LogP contribution in [0.25, 0.3) is 0 Å². The average molecular weight is 164 g/mol. The van der Waals surface area contributed by atoms with Gasteiger partial charge in [-0.05, 0) is 37.2 Å². The lowest BCUT2D eigenvalue weighted by Crippen LogP contribution is -2.00. The predicted octanol–water partition coefficient (Wildman–Crippen LogP) is 2.86. The third kappa shape index (κ3) is 1.96. The second-order valence-electron chi connectivity index (χ2n) is 4.03. The Balaban J connectivity index is 1.74. The molecule has 66 valence electrons. The number of ketones is 1. The van der Waals surface area contributed by atoms with Crippen molar-refractivity contribution in [2.24, 2.45) is 5.92 Å². The summed E-state index contributed by atoms with van der Waals surface area (Å²) >= 11 is 0. The fraction of sp³-hybridized carbons (Fsp3) is 0.727. The van der Waals surface area contributed by atoms with Gasteiger partial charge < -0.3 is 0 Å². The molecule has 1 nitrogen and oxygen atoms in total. The van der Waals surface area contributed by atoms with E-state index in [0.717, 1.165) is 37.2 Å². The SMILES string of the molecule is O=C(CCC1CC1)C1=CCCC1. The Morgan fingerprint density at radius 2 is 2.33 bits per heavy atom. The molecule has 1 saturated carbocycles. The highest BCUT2D eigenvalue weighted by Crippen LogP contribution is 2.34. The minimum Gasteiger partial charge on any atom is -0.295 e. The number of hydrogen-bond donors (Lipinski definition) is 0. The lowest BCUT2D eigenvalue weighted by Gasteiger charge is -1.99. The molecule has 2 rings (SSSR count). The zero-order valence-corrected chi connectivity index (χ0v) is 7.51. The summed E-state index contributed by atoms with van der Waals surface area (Å²) in [6, 6.07) is 0. The number of carbonyl (C=O) groups excluding carboxylic acids is 1. The van der Waals surface area contributed by atoms with Gasteiger partial charge in [0.2, 0.25) is 0 Å². The van der Waals surface area contributed by atoms with E-state index in [2.05, 4.69) is 6.08 Å². The summed E-state index contributed by atoms with van der Waals surface area (Å²) in [5.41, 5.74) is 1.12. The van der Waals surface area contributed by atoms with E-state index in [1.54, 1.807) is 0 Å². The highest BCUT2D eigenvalue weighted by Gasteiger charge is 2.23. The predicted molar refractivity (Wildman–Crippen MR) is 48.9 cm³/mol. The van der Waals surface area contributed by atoms with Crippen LogP contribution in [-0.2, 0) is 4.79 Å². The van der Waals surface area contributed by atoms with E-state index < -0.39 is 0 Å². The molecular formula is C11H16O. The topological polar surface area (TPSA) is 17.1 Å². The van der Waals surface area contributed by atoms with E-state index in [0.29, 0.717) is 5.78 Å². The molecule has 2 aliphatic rings. The van der Waals surface area contributed by atoms with Crippen LogP contribution in [0.3, 0.4) is 0 Å². The first-order chi connectivity index (χ1) is 5.86. The molecule has 0 aromatic rings. The fourth-order valence-electron chi connectivity index (χ4n) is 1.83. The molecule has 0 unspecified atom stereocenters. The molecule has 0 spiro atoms. The zero-order chi connectivity index (χ0) is 8.39. The molecule has 2 aliphatic carbocycles. The van der Waals surface area contributed by atoms with Gasteiger partial charge in [0.15, 0.2) is 5.78 Å². The van der Waals surface area contributed by atoms with Crippen LogP contribution in [0.15, 0.2) is 11.6 Å². The van der Waals surface area contributed by atoms with Gasteiger partial charge in [-0.3, -0.25) is 4.79 Å². The molecule has 0 saturated heterocycles. The highest BCUT2D eigenvalue weighted by molar-refractivity contribution is 5.95. The lowest BCUT2D eigenvalue weighted by molar-refractivity contribution is -0.115. The molecule has 1 fully saturated rings. The van der Waals surface area contributed by atoms with Crippen molar-refractivity contribution in [2.75, 3.05) is 0 Å². The van der Waals surface area contributed by atoms with Crippen molar-refractivity contribution in [1.29, 1.82) is 0 Å². The van der Waals surface area contributed by atoms with Gasteiger partial charge in [0.25, 0.3) is 0 Å². The summed E-state index contributed by atoms with van der Waals surface area (Å²) in [6.07, 6.45) is 10.2. The third-order valence-corrected chi connectivity index (χ3v) is 2.88. The Bertz CT molecular complexity index is 211. The first-order valence-corrected chi connectivity index (χ1v) is 5.08. The summed E-state index contributed by atoms with van der Waals surface area (Å²) in [6.45, 7) is 0. The van der Waals surface area contributed by atoms with Crippen molar-refractivity contribution < 1.29 is 4.79 Å². The van der Waals surface area contributed by atoms with Crippen molar-refractivity contribution in [1.82, 2.24) is 0 Å². The summed E-state index contributed by atoms with van der Waals surface area (Å²) < 4.78 is 0. The van der Waals surface area contributed by atoms with Crippen LogP contribution < -0.4 is 0 Å². The van der Waals surface area contributed by atoms with Gasteiger partial charge in [-0.2, -0.15) is 0 Å². The van der Waals surface area contributed by atoms with E-state index in [1.165, 1.54) is 19.3 Å². The van der Waals surface area contributed by atoms with Crippen LogP contribution >= 0.6 is 0 Å². The molecule has 0 bridgehead atoms. The molecule has 0 N–H and O–H groups in total. The molecule has 0 heterocycles. The van der Waals surface area contributed by atoms with E-state index in [-0.39, 0.29) is 0 Å². The maximum atomic E-state index is 11.5. The largest absolute Gasteiger partial charge is 0.295 e. The van der Waals surface area contributed by atoms with Gasteiger partial charge >= 0.3 is 0 Å². The number of Topliss-reactive ketones (excluding diaryl/α,β-unsaturated/α-hetero) is 1. The molecule has 12 heavy (non-hydrogen) atoms. The van der Waals surface area contributed by atoms with Gasteiger partial charge in [0.05, 0.1) is 0 Å². The minimum absolute atomic E-state index is 0.430. The molecule has 0 atom stereocenters. The van der Waals surface area contributed by atoms with Crippen molar-refractivity contribution in [3.8, 4) is 0 Å². The number of allylic oxidation sites excluding steroid dienone is 2. The van der Waals surface area contributed by atoms with E-state index >= 15 is 0 Å². The van der Waals surface area contributed by atoms with Gasteiger partial charge in [-0.15, -0.1) is 0 Å². The Hall–Kier alpha value is -0.590. The molecule has 1 heteroatoms. The highest BCUT2D eigenvalue weighted by atomic mass is 16.1. The smallest absolute Gasteiger partial charge is 0.158 e. The van der Waals surface area contributed by atoms with Gasteiger partial charge in [0.1, 0.15) is 0 Å². The van der Waals surface area contributed by atoms with Crippen LogP contribution in [0.1, 0.15) is 44.9 Å². The molecule has 0 aromatic heterocycles. The zero-order valence-electron chi connectivity index (χ0n) is 7.51. The monoisotopic (exact) mass is 164 g/mol. The average Bonchev–Trinajstić information content (AvgIpc) is 2.74. The van der Waals surface area contributed by atoms with Crippen molar-refractivity contribution >= 4 is 5.78 Å². The van der Waals surface area contributed by atoms with Crippen LogP contribution in [-0.4, -0.2) is 5.78 Å². The fourth-order valence-corrected chi connectivity index (χ4v) is 1.83. The van der Waals surface area contributed by atoms with Crippen molar-refractivity contribution in [2.45, 2.75) is 44.9 Å². The quantitative estimate of drug-likeness (QED) is 0.624. The van der Waals surface area contributed by atoms with E-state index in [9.17, 15) is 4.79 Å². The first kappa shape index (κ1) is 8.03. The minimum atomic E-state index is 0.430. The molecule has 0 radical (unpaired) electrons. The van der Waals surface area contributed by atoms with Crippen molar-refractivity contribution in [3.05, 3.63) is 11.6 Å². The van der Waals surface area contributed by atoms with Crippen molar-refractivity contribution in [3.63, 3.8) is 0 Å². The summed E-state index contributed by atoms with van der Waals surface area (Å²) in [5, 5.41) is 0. The molecule has 0 aliphatic heterocycles. The van der Waals surface area contributed by atoms with Gasteiger partial charge in [0, 0.05) is 6.42 Å². The Morgan fingerprint density at radius 1 is 1.50 bits per heavy atom. The van der Waals surface area contributed by atoms with Crippen LogP contribution in [0.5, 0.6) is 0 Å². The van der Waals surface area contributed by atoms with Crippen LogP contribution in [0.2, 0.25) is 0 Å².